The smallest absolute Gasteiger partial charge is 0.0512 e. The van der Waals surface area contributed by atoms with Crippen molar-refractivity contribution in [2.45, 2.75) is 58.5 Å². The number of nitrogens with one attached hydrogen (secondary N) is 1. The molecule has 0 fully saturated rings. The van der Waals surface area contributed by atoms with Gasteiger partial charge in [0.1, 0.15) is 0 Å². The summed E-state index contributed by atoms with van der Waals surface area (Å²) in [7, 11) is 0. The molecular formula is C11H25NO. The largest absolute Gasteiger partial charge is 0.393 e. The van der Waals surface area contributed by atoms with Gasteiger partial charge in [-0.1, -0.05) is 19.8 Å². The highest BCUT2D eigenvalue weighted by molar-refractivity contribution is 4.52. The van der Waals surface area contributed by atoms with E-state index in [1.807, 2.05) is 6.92 Å². The Bertz CT molecular complexity index is 94.1. The summed E-state index contributed by atoms with van der Waals surface area (Å²) in [5, 5.41) is 12.4. The fourth-order valence-electron chi connectivity index (χ4n) is 1.31. The second-order valence-electron chi connectivity index (χ2n) is 3.80. The van der Waals surface area contributed by atoms with Gasteiger partial charge in [0.2, 0.25) is 0 Å². The number of hydrogen-bond donors (Lipinski definition) is 2. The lowest BCUT2D eigenvalue weighted by Crippen LogP contribution is -2.16. The number of rotatable bonds is 9. The summed E-state index contributed by atoms with van der Waals surface area (Å²) < 4.78 is 0. The monoisotopic (exact) mass is 187 g/mol. The molecule has 0 radical (unpaired) electrons. The lowest BCUT2D eigenvalue weighted by molar-refractivity contribution is 0.180. The Morgan fingerprint density at radius 3 is 2.23 bits per heavy atom. The van der Waals surface area contributed by atoms with Gasteiger partial charge in [0.05, 0.1) is 6.10 Å². The zero-order chi connectivity index (χ0) is 9.94. The Morgan fingerprint density at radius 1 is 1.08 bits per heavy atom. The Kier molecular flexibility index (Phi) is 9.94. The highest BCUT2D eigenvalue weighted by Gasteiger charge is 1.94. The predicted molar refractivity (Wildman–Crippen MR) is 57.9 cm³/mol. The van der Waals surface area contributed by atoms with Crippen LogP contribution in [0.4, 0.5) is 0 Å². The number of aliphatic hydroxyl groups is 1. The summed E-state index contributed by atoms with van der Waals surface area (Å²) in [6.07, 6.45) is 7.07. The fraction of sp³-hybridized carbons (Fsp3) is 1.00. The first-order valence-electron chi connectivity index (χ1n) is 5.66. The average molecular weight is 187 g/mol. The van der Waals surface area contributed by atoms with Crippen LogP contribution in [0.25, 0.3) is 0 Å². The molecule has 0 spiro atoms. The van der Waals surface area contributed by atoms with Gasteiger partial charge in [0.15, 0.2) is 0 Å². The standard InChI is InChI=1S/C11H25NO/c1-3-4-6-9-12-10-7-5-8-11(2)13/h11-13H,3-10H2,1-2H3. The van der Waals surface area contributed by atoms with Crippen LogP contribution < -0.4 is 5.32 Å². The van der Waals surface area contributed by atoms with Gasteiger partial charge in [0, 0.05) is 0 Å². The molecule has 0 rings (SSSR count). The molecule has 0 aliphatic carbocycles. The quantitative estimate of drug-likeness (QED) is 0.543. The summed E-state index contributed by atoms with van der Waals surface area (Å²) >= 11 is 0. The van der Waals surface area contributed by atoms with Crippen LogP contribution in [0, 0.1) is 0 Å². The third-order valence-corrected chi connectivity index (χ3v) is 2.18. The van der Waals surface area contributed by atoms with Crippen molar-refractivity contribution in [1.29, 1.82) is 0 Å². The van der Waals surface area contributed by atoms with Crippen LogP contribution in [0.15, 0.2) is 0 Å². The molecule has 0 saturated heterocycles. The zero-order valence-corrected chi connectivity index (χ0v) is 9.18. The van der Waals surface area contributed by atoms with E-state index in [4.69, 9.17) is 5.11 Å². The summed E-state index contributed by atoms with van der Waals surface area (Å²) in [5.41, 5.74) is 0. The third kappa shape index (κ3) is 11.9. The lowest BCUT2D eigenvalue weighted by Gasteiger charge is -2.05. The molecule has 80 valence electrons. The highest BCUT2D eigenvalue weighted by Crippen LogP contribution is 1.98. The molecule has 0 amide bonds. The molecule has 2 N–H and O–H groups in total. The molecule has 0 aromatic heterocycles. The van der Waals surface area contributed by atoms with Crippen LogP contribution in [0.2, 0.25) is 0 Å². The second kappa shape index (κ2) is 10.0. The van der Waals surface area contributed by atoms with Crippen molar-refractivity contribution in [3.8, 4) is 0 Å². The van der Waals surface area contributed by atoms with Crippen molar-refractivity contribution in [2.24, 2.45) is 0 Å². The van der Waals surface area contributed by atoms with E-state index in [0.29, 0.717) is 0 Å². The van der Waals surface area contributed by atoms with E-state index >= 15 is 0 Å². The van der Waals surface area contributed by atoms with Crippen LogP contribution in [0.5, 0.6) is 0 Å². The molecule has 1 atom stereocenters. The van der Waals surface area contributed by atoms with Gasteiger partial charge in [-0.25, -0.2) is 0 Å². The SMILES string of the molecule is CCCCCNCCCCC(C)O. The summed E-state index contributed by atoms with van der Waals surface area (Å²) in [5.74, 6) is 0. The maximum Gasteiger partial charge on any atom is 0.0512 e. The van der Waals surface area contributed by atoms with Gasteiger partial charge in [-0.3, -0.25) is 0 Å². The summed E-state index contributed by atoms with van der Waals surface area (Å²) in [4.78, 5) is 0. The van der Waals surface area contributed by atoms with Gasteiger partial charge in [-0.05, 0) is 45.7 Å². The molecule has 1 unspecified atom stereocenters. The van der Waals surface area contributed by atoms with Gasteiger partial charge >= 0.3 is 0 Å². The van der Waals surface area contributed by atoms with Crippen LogP contribution in [0.3, 0.4) is 0 Å². The molecule has 13 heavy (non-hydrogen) atoms. The molecule has 0 bridgehead atoms. The maximum absolute atomic E-state index is 9.00. The van der Waals surface area contributed by atoms with E-state index in [1.165, 1.54) is 25.7 Å². The molecule has 0 saturated carbocycles. The van der Waals surface area contributed by atoms with E-state index in [-0.39, 0.29) is 6.10 Å². The molecular weight excluding hydrogens is 162 g/mol. The topological polar surface area (TPSA) is 32.3 Å². The van der Waals surface area contributed by atoms with E-state index < -0.39 is 0 Å². The van der Waals surface area contributed by atoms with Crippen LogP contribution in [-0.2, 0) is 0 Å². The summed E-state index contributed by atoms with van der Waals surface area (Å²) in [6.45, 7) is 6.34. The number of hydrogen-bond acceptors (Lipinski definition) is 2. The fourth-order valence-corrected chi connectivity index (χ4v) is 1.31. The van der Waals surface area contributed by atoms with Gasteiger partial charge in [0.25, 0.3) is 0 Å². The first kappa shape index (κ1) is 12.9. The molecule has 0 aromatic carbocycles. The molecule has 0 heterocycles. The minimum atomic E-state index is -0.125. The van der Waals surface area contributed by atoms with Crippen molar-refractivity contribution in [1.82, 2.24) is 5.32 Å². The maximum atomic E-state index is 9.00. The average Bonchev–Trinajstić information content (AvgIpc) is 2.09. The Morgan fingerprint density at radius 2 is 1.69 bits per heavy atom. The van der Waals surface area contributed by atoms with E-state index in [9.17, 15) is 0 Å². The Balaban J connectivity index is 2.84. The predicted octanol–water partition coefficient (Wildman–Crippen LogP) is 2.32. The van der Waals surface area contributed by atoms with Crippen molar-refractivity contribution < 1.29 is 5.11 Å². The van der Waals surface area contributed by atoms with Gasteiger partial charge < -0.3 is 10.4 Å². The molecule has 0 aromatic rings. The van der Waals surface area contributed by atoms with E-state index in [1.54, 1.807) is 0 Å². The minimum Gasteiger partial charge on any atom is -0.393 e. The van der Waals surface area contributed by atoms with Crippen LogP contribution in [0.1, 0.15) is 52.4 Å². The van der Waals surface area contributed by atoms with Crippen molar-refractivity contribution in [2.75, 3.05) is 13.1 Å². The van der Waals surface area contributed by atoms with Crippen LogP contribution >= 0.6 is 0 Å². The normalized spacial score (nSPS) is 13.2. The first-order valence-corrected chi connectivity index (χ1v) is 5.66. The summed E-state index contributed by atoms with van der Waals surface area (Å²) in [6, 6.07) is 0. The molecule has 0 aliphatic heterocycles. The first-order chi connectivity index (χ1) is 6.27. The minimum absolute atomic E-state index is 0.125. The highest BCUT2D eigenvalue weighted by atomic mass is 16.3. The van der Waals surface area contributed by atoms with Crippen molar-refractivity contribution in [3.63, 3.8) is 0 Å². The van der Waals surface area contributed by atoms with Gasteiger partial charge in [-0.2, -0.15) is 0 Å². The Labute approximate surface area is 82.7 Å². The van der Waals surface area contributed by atoms with Crippen molar-refractivity contribution >= 4 is 0 Å². The van der Waals surface area contributed by atoms with E-state index in [2.05, 4.69) is 12.2 Å². The van der Waals surface area contributed by atoms with Crippen LogP contribution in [-0.4, -0.2) is 24.3 Å². The van der Waals surface area contributed by atoms with Crippen molar-refractivity contribution in [3.05, 3.63) is 0 Å². The molecule has 2 nitrogen and oxygen atoms in total. The number of aliphatic hydroxyl groups excluding tert-OH is 1. The lowest BCUT2D eigenvalue weighted by atomic mass is 10.2. The number of unbranched alkanes of at least 4 members (excludes halogenated alkanes) is 3. The second-order valence-corrected chi connectivity index (χ2v) is 3.80. The zero-order valence-electron chi connectivity index (χ0n) is 9.18. The van der Waals surface area contributed by atoms with E-state index in [0.717, 1.165) is 25.9 Å². The Hall–Kier alpha value is -0.0800. The van der Waals surface area contributed by atoms with Gasteiger partial charge in [-0.15, -0.1) is 0 Å². The molecule has 0 aliphatic rings. The third-order valence-electron chi connectivity index (χ3n) is 2.18. The molecule has 2 heteroatoms.